The van der Waals surface area contributed by atoms with E-state index in [1.54, 1.807) is 43.3 Å². The third-order valence-electron chi connectivity index (χ3n) is 6.76. The second-order valence-corrected chi connectivity index (χ2v) is 9.94. The molecule has 4 aromatic carbocycles. The molecule has 4 rings (SSSR count). The number of esters is 1. The van der Waals surface area contributed by atoms with Gasteiger partial charge in [-0.1, -0.05) is 24.3 Å². The van der Waals surface area contributed by atoms with Crippen LogP contribution in [0.25, 0.3) is 0 Å². The van der Waals surface area contributed by atoms with Gasteiger partial charge in [0.15, 0.2) is 0 Å². The minimum Gasteiger partial charge on any atom is -0.478 e. The Kier molecular flexibility index (Phi) is 11.0. The van der Waals surface area contributed by atoms with Gasteiger partial charge in [0, 0.05) is 17.2 Å². The van der Waals surface area contributed by atoms with E-state index >= 15 is 0 Å². The second kappa shape index (κ2) is 15.5. The van der Waals surface area contributed by atoms with E-state index < -0.39 is 29.6 Å². The van der Waals surface area contributed by atoms with E-state index in [1.807, 2.05) is 18.1 Å². The Balaban J connectivity index is 1.35. The molecule has 0 saturated carbocycles. The van der Waals surface area contributed by atoms with Gasteiger partial charge in [0.25, 0.3) is 5.91 Å². The monoisotopic (exact) mass is 636 g/mol. The molecule has 238 valence electrons. The summed E-state index contributed by atoms with van der Waals surface area (Å²) < 4.78 is 4.98. The van der Waals surface area contributed by atoms with Crippen LogP contribution in [0.2, 0.25) is 0 Å². The number of carboxylic acids is 2. The zero-order valence-electron chi connectivity index (χ0n) is 24.9. The minimum atomic E-state index is -1.35. The van der Waals surface area contributed by atoms with Crippen LogP contribution in [-0.4, -0.2) is 51.5 Å². The summed E-state index contributed by atoms with van der Waals surface area (Å²) in [5.74, 6) is -2.64. The van der Waals surface area contributed by atoms with Crippen molar-refractivity contribution < 1.29 is 48.9 Å². The first-order chi connectivity index (χ1) is 22.6. The molecule has 12 heteroatoms. The van der Waals surface area contributed by atoms with Gasteiger partial charge in [-0.2, -0.15) is 0 Å². The smallest absolute Gasteiger partial charge is 0.338 e. The fourth-order valence-corrected chi connectivity index (χ4v) is 4.47. The van der Waals surface area contributed by atoms with Crippen LogP contribution < -0.4 is 10.8 Å². The Morgan fingerprint density at radius 1 is 0.723 bits per heavy atom. The highest BCUT2D eigenvalue weighted by Crippen LogP contribution is 2.20. The van der Waals surface area contributed by atoms with Crippen LogP contribution >= 0.6 is 0 Å². The molecule has 0 aromatic heterocycles. The highest BCUT2D eigenvalue weighted by atomic mass is 16.6. The summed E-state index contributed by atoms with van der Waals surface area (Å²) in [6, 6.07) is 21.8. The van der Waals surface area contributed by atoms with Gasteiger partial charge in [-0.3, -0.25) is 19.9 Å². The number of aliphatic hydroxyl groups excluding tert-OH is 1. The lowest BCUT2D eigenvalue weighted by Crippen LogP contribution is -2.17. The first-order valence-corrected chi connectivity index (χ1v) is 14.1. The lowest BCUT2D eigenvalue weighted by molar-refractivity contribution is 0.0523. The standard InChI is InChI=1S/C35H28N2O10/c1-2-46-35(45)24-8-13-28(33(41)42)25(18-24)20-47-37-27-11-5-22(6-12-27)17-21-3-9-26(10-4-21)36-32(40)30-19-23(31(39)15-16-38)7-14-29(30)34(43)44/h3-14,18-19,37-38H,2,17,20H2,1H3,(H,36,40)(H,41,42)(H,43,44). The summed E-state index contributed by atoms with van der Waals surface area (Å²) >= 11 is 0. The van der Waals surface area contributed by atoms with Crippen LogP contribution in [0, 0.1) is 12.0 Å². The molecule has 0 aliphatic heterocycles. The van der Waals surface area contributed by atoms with Crippen LogP contribution in [0.15, 0.2) is 84.9 Å². The van der Waals surface area contributed by atoms with Crippen LogP contribution in [0.3, 0.4) is 0 Å². The van der Waals surface area contributed by atoms with Gasteiger partial charge in [-0.15, -0.1) is 0 Å². The number of ketones is 1. The first kappa shape index (κ1) is 33.4. The van der Waals surface area contributed by atoms with E-state index in [1.165, 1.54) is 30.4 Å². The first-order valence-electron chi connectivity index (χ1n) is 14.1. The van der Waals surface area contributed by atoms with Gasteiger partial charge in [-0.05, 0) is 90.7 Å². The number of carbonyl (C=O) groups excluding carboxylic acids is 3. The molecule has 0 aliphatic rings. The fourth-order valence-electron chi connectivity index (χ4n) is 4.47. The SMILES string of the molecule is CCOC(=O)c1ccc(C(=O)O)c(CONc2ccc(Cc3ccc(NC(=O)c4cc(C(=O)C#CO)ccc4C(=O)O)cc3)cc2)c1. The molecule has 0 aliphatic carbocycles. The number of Topliss-reactive ketones (excluding diaryl/α,β-unsaturated/α-hetero) is 1. The number of benzene rings is 4. The summed E-state index contributed by atoms with van der Waals surface area (Å²) in [5.41, 5.74) is 5.59. The fraction of sp³-hybridized carbons (Fsp3) is 0.114. The van der Waals surface area contributed by atoms with Crippen molar-refractivity contribution in [2.24, 2.45) is 0 Å². The summed E-state index contributed by atoms with van der Waals surface area (Å²) in [5, 5.41) is 30.3. The average Bonchev–Trinajstić information content (AvgIpc) is 3.06. The molecular weight excluding hydrogens is 608 g/mol. The molecule has 0 spiro atoms. The highest BCUT2D eigenvalue weighted by Gasteiger charge is 2.19. The topological polar surface area (TPSA) is 189 Å². The van der Waals surface area contributed by atoms with E-state index in [-0.39, 0.29) is 41.0 Å². The van der Waals surface area contributed by atoms with Crippen molar-refractivity contribution in [1.29, 1.82) is 0 Å². The number of aliphatic hydroxyl groups is 1. The number of amides is 1. The zero-order valence-corrected chi connectivity index (χ0v) is 24.9. The van der Waals surface area contributed by atoms with Gasteiger partial charge in [-0.25, -0.2) is 14.4 Å². The maximum absolute atomic E-state index is 12.9. The summed E-state index contributed by atoms with van der Waals surface area (Å²) in [7, 11) is 0. The van der Waals surface area contributed by atoms with Crippen LogP contribution in [0.4, 0.5) is 11.4 Å². The van der Waals surface area contributed by atoms with Gasteiger partial charge >= 0.3 is 17.9 Å². The van der Waals surface area contributed by atoms with Gasteiger partial charge < -0.3 is 25.4 Å². The Bertz CT molecular complexity index is 1890. The Morgan fingerprint density at radius 2 is 1.32 bits per heavy atom. The third-order valence-corrected chi connectivity index (χ3v) is 6.76. The molecule has 47 heavy (non-hydrogen) atoms. The Morgan fingerprint density at radius 3 is 1.91 bits per heavy atom. The number of nitrogens with one attached hydrogen (secondary N) is 2. The molecule has 12 nitrogen and oxygen atoms in total. The van der Waals surface area contributed by atoms with Crippen LogP contribution in [-0.2, 0) is 22.6 Å². The molecule has 0 heterocycles. The van der Waals surface area contributed by atoms with Crippen LogP contribution in [0.5, 0.6) is 0 Å². The lowest BCUT2D eigenvalue weighted by Gasteiger charge is -2.12. The Labute approximate surface area is 268 Å². The summed E-state index contributed by atoms with van der Waals surface area (Å²) in [6.07, 6.45) is 2.04. The molecule has 0 bridgehead atoms. The highest BCUT2D eigenvalue weighted by molar-refractivity contribution is 6.14. The van der Waals surface area contributed by atoms with E-state index in [4.69, 9.17) is 14.7 Å². The van der Waals surface area contributed by atoms with Crippen molar-refractivity contribution in [2.45, 2.75) is 20.0 Å². The Hall–Kier alpha value is -6.45. The molecule has 1 amide bonds. The molecule has 5 N–H and O–H groups in total. The van der Waals surface area contributed by atoms with Crippen LogP contribution in [0.1, 0.15) is 75.4 Å². The van der Waals surface area contributed by atoms with E-state index in [0.717, 1.165) is 23.3 Å². The number of ether oxygens (including phenoxy) is 1. The molecule has 0 fully saturated rings. The van der Waals surface area contributed by atoms with Crippen molar-refractivity contribution in [3.8, 4) is 12.0 Å². The maximum Gasteiger partial charge on any atom is 0.338 e. The van der Waals surface area contributed by atoms with Gasteiger partial charge in [0.2, 0.25) is 5.78 Å². The van der Waals surface area contributed by atoms with E-state index in [0.29, 0.717) is 23.4 Å². The third kappa shape index (κ3) is 8.81. The van der Waals surface area contributed by atoms with Gasteiger partial charge in [0.1, 0.15) is 12.7 Å². The minimum absolute atomic E-state index is 0.000969. The molecular formula is C35H28N2O10. The normalized spacial score (nSPS) is 10.2. The summed E-state index contributed by atoms with van der Waals surface area (Å²) in [6.45, 7) is 1.74. The molecule has 4 aromatic rings. The summed E-state index contributed by atoms with van der Waals surface area (Å²) in [4.78, 5) is 65.7. The zero-order chi connectivity index (χ0) is 33.9. The maximum atomic E-state index is 12.9. The van der Waals surface area contributed by atoms with E-state index in [2.05, 4.69) is 10.8 Å². The molecule has 0 saturated heterocycles. The molecule has 0 atom stereocenters. The number of hydrogen-bond acceptors (Lipinski definition) is 9. The van der Waals surface area contributed by atoms with Crippen molar-refractivity contribution in [3.63, 3.8) is 0 Å². The predicted molar refractivity (Wildman–Crippen MR) is 169 cm³/mol. The van der Waals surface area contributed by atoms with Crippen molar-refractivity contribution >= 4 is 41.0 Å². The molecule has 0 unspecified atom stereocenters. The lowest BCUT2D eigenvalue weighted by atomic mass is 10.0. The molecule has 0 radical (unpaired) electrons. The number of anilines is 2. The average molecular weight is 637 g/mol. The quantitative estimate of drug-likeness (QED) is 0.0564. The van der Waals surface area contributed by atoms with Crippen molar-refractivity contribution in [1.82, 2.24) is 0 Å². The van der Waals surface area contributed by atoms with Gasteiger partial charge in [0.05, 0.1) is 34.5 Å². The number of rotatable bonds is 13. The number of aromatic carboxylic acids is 2. The van der Waals surface area contributed by atoms with Crippen molar-refractivity contribution in [2.75, 3.05) is 17.4 Å². The predicted octanol–water partition coefficient (Wildman–Crippen LogP) is 5.16. The second-order valence-electron chi connectivity index (χ2n) is 9.94. The van der Waals surface area contributed by atoms with Crippen molar-refractivity contribution in [3.05, 3.63) is 129 Å². The number of carbonyl (C=O) groups is 5. The number of hydrogen-bond donors (Lipinski definition) is 5. The number of carboxylic acid groups (broad SMARTS) is 2. The van der Waals surface area contributed by atoms with E-state index in [9.17, 15) is 34.2 Å². The largest absolute Gasteiger partial charge is 0.478 e.